The molecule has 0 bridgehead atoms. The lowest BCUT2D eigenvalue weighted by molar-refractivity contribution is 0.251. The molecule has 4 rings (SSSR count). The van der Waals surface area contributed by atoms with Crippen LogP contribution in [0.3, 0.4) is 0 Å². The molecule has 0 unspecified atom stereocenters. The SMILES string of the molecule is CCN(Cc1noc(C2CCC2)n1)Cc1cc2c(cc1OC)OCCCO2. The first-order valence-corrected chi connectivity index (χ1v) is 9.78. The van der Waals surface area contributed by atoms with E-state index in [2.05, 4.69) is 22.0 Å². The maximum absolute atomic E-state index is 5.83. The maximum Gasteiger partial charge on any atom is 0.229 e. The molecule has 1 saturated carbocycles. The first-order chi connectivity index (χ1) is 13.3. The molecule has 146 valence electrons. The van der Waals surface area contributed by atoms with E-state index in [4.69, 9.17) is 18.7 Å². The molecule has 1 aromatic heterocycles. The van der Waals surface area contributed by atoms with Crippen molar-refractivity contribution in [3.05, 3.63) is 29.4 Å². The van der Waals surface area contributed by atoms with E-state index in [1.807, 2.05) is 12.1 Å². The summed E-state index contributed by atoms with van der Waals surface area (Å²) in [5, 5.41) is 4.17. The summed E-state index contributed by atoms with van der Waals surface area (Å²) in [6.07, 6.45) is 4.46. The summed E-state index contributed by atoms with van der Waals surface area (Å²) in [5.41, 5.74) is 1.06. The van der Waals surface area contributed by atoms with Gasteiger partial charge in [0, 0.05) is 30.5 Å². The van der Waals surface area contributed by atoms with Gasteiger partial charge in [-0.15, -0.1) is 0 Å². The number of aromatic nitrogens is 2. The highest BCUT2D eigenvalue weighted by Gasteiger charge is 2.26. The molecule has 1 fully saturated rings. The Balaban J connectivity index is 1.48. The Hall–Kier alpha value is -2.28. The second-order valence-corrected chi connectivity index (χ2v) is 7.14. The van der Waals surface area contributed by atoms with Gasteiger partial charge < -0.3 is 18.7 Å². The summed E-state index contributed by atoms with van der Waals surface area (Å²) in [6.45, 7) is 5.68. The van der Waals surface area contributed by atoms with Gasteiger partial charge in [0.15, 0.2) is 17.3 Å². The quantitative estimate of drug-likeness (QED) is 0.735. The topological polar surface area (TPSA) is 69.9 Å². The monoisotopic (exact) mass is 373 g/mol. The first-order valence-electron chi connectivity index (χ1n) is 9.78. The van der Waals surface area contributed by atoms with Crippen LogP contribution < -0.4 is 14.2 Å². The van der Waals surface area contributed by atoms with Crippen LogP contribution in [0.25, 0.3) is 0 Å². The van der Waals surface area contributed by atoms with E-state index in [1.165, 1.54) is 6.42 Å². The van der Waals surface area contributed by atoms with Gasteiger partial charge in [-0.2, -0.15) is 4.98 Å². The molecule has 2 aliphatic rings. The van der Waals surface area contributed by atoms with Crippen LogP contribution >= 0.6 is 0 Å². The van der Waals surface area contributed by atoms with E-state index in [9.17, 15) is 0 Å². The van der Waals surface area contributed by atoms with Crippen molar-refractivity contribution < 1.29 is 18.7 Å². The average molecular weight is 373 g/mol. The maximum atomic E-state index is 5.83. The molecular formula is C20H27N3O4. The second kappa shape index (κ2) is 8.17. The number of ether oxygens (including phenoxy) is 3. The van der Waals surface area contributed by atoms with Crippen LogP contribution in [0, 0.1) is 0 Å². The third-order valence-corrected chi connectivity index (χ3v) is 5.29. The van der Waals surface area contributed by atoms with Gasteiger partial charge >= 0.3 is 0 Å². The Morgan fingerprint density at radius 2 is 1.89 bits per heavy atom. The minimum atomic E-state index is 0.461. The molecule has 1 aliphatic heterocycles. The van der Waals surface area contributed by atoms with E-state index in [1.54, 1.807) is 7.11 Å². The lowest BCUT2D eigenvalue weighted by Crippen LogP contribution is -2.23. The molecule has 1 aliphatic carbocycles. The van der Waals surface area contributed by atoms with E-state index in [0.717, 1.165) is 60.3 Å². The molecule has 0 atom stereocenters. The van der Waals surface area contributed by atoms with Crippen LogP contribution in [0.5, 0.6) is 17.2 Å². The van der Waals surface area contributed by atoms with Gasteiger partial charge in [-0.05, 0) is 25.5 Å². The largest absolute Gasteiger partial charge is 0.496 e. The van der Waals surface area contributed by atoms with Crippen molar-refractivity contribution in [2.24, 2.45) is 0 Å². The van der Waals surface area contributed by atoms with Crippen LogP contribution in [0.1, 0.15) is 55.8 Å². The Bertz CT molecular complexity index is 773. The molecule has 1 aromatic carbocycles. The Labute approximate surface area is 159 Å². The Morgan fingerprint density at radius 1 is 1.11 bits per heavy atom. The van der Waals surface area contributed by atoms with Crippen molar-refractivity contribution in [1.29, 1.82) is 0 Å². The van der Waals surface area contributed by atoms with Crippen LogP contribution in [0.2, 0.25) is 0 Å². The number of methoxy groups -OCH3 is 1. The predicted molar refractivity (Wildman–Crippen MR) is 99.3 cm³/mol. The number of hydrogen-bond donors (Lipinski definition) is 0. The third kappa shape index (κ3) is 4.03. The fraction of sp³-hybridized carbons (Fsp3) is 0.600. The Kier molecular flexibility index (Phi) is 5.48. The molecule has 0 spiro atoms. The molecular weight excluding hydrogens is 346 g/mol. The minimum absolute atomic E-state index is 0.461. The second-order valence-electron chi connectivity index (χ2n) is 7.14. The van der Waals surface area contributed by atoms with E-state index in [-0.39, 0.29) is 0 Å². The van der Waals surface area contributed by atoms with Crippen LogP contribution in [0.15, 0.2) is 16.7 Å². The van der Waals surface area contributed by atoms with E-state index >= 15 is 0 Å². The van der Waals surface area contributed by atoms with Crippen LogP contribution in [-0.2, 0) is 13.1 Å². The zero-order chi connectivity index (χ0) is 18.6. The van der Waals surface area contributed by atoms with Gasteiger partial charge in [-0.1, -0.05) is 18.5 Å². The number of nitrogens with zero attached hydrogens (tertiary/aromatic N) is 3. The summed E-state index contributed by atoms with van der Waals surface area (Å²) in [5.74, 6) is 4.34. The van der Waals surface area contributed by atoms with Crippen molar-refractivity contribution in [1.82, 2.24) is 15.0 Å². The summed E-state index contributed by atoms with van der Waals surface area (Å²) < 4.78 is 22.6. The fourth-order valence-corrected chi connectivity index (χ4v) is 3.42. The van der Waals surface area contributed by atoms with Gasteiger partial charge in [0.05, 0.1) is 26.9 Å². The summed E-state index contributed by atoms with van der Waals surface area (Å²) in [7, 11) is 1.68. The molecule has 0 amide bonds. The van der Waals surface area contributed by atoms with Gasteiger partial charge in [0.2, 0.25) is 5.89 Å². The molecule has 27 heavy (non-hydrogen) atoms. The van der Waals surface area contributed by atoms with Crippen LogP contribution in [-0.4, -0.2) is 41.9 Å². The molecule has 0 N–H and O–H groups in total. The molecule has 2 aromatic rings. The number of benzene rings is 1. The highest BCUT2D eigenvalue weighted by atomic mass is 16.5. The highest BCUT2D eigenvalue weighted by molar-refractivity contribution is 5.51. The lowest BCUT2D eigenvalue weighted by atomic mass is 9.85. The molecule has 2 heterocycles. The van der Waals surface area contributed by atoms with Crippen molar-refractivity contribution in [2.75, 3.05) is 26.9 Å². The fourth-order valence-electron chi connectivity index (χ4n) is 3.42. The lowest BCUT2D eigenvalue weighted by Gasteiger charge is -2.21. The standard InChI is InChI=1S/C20H27N3O4/c1-3-23(13-19-21-20(27-22-19)14-6-4-7-14)12-15-10-17-18(11-16(15)24-2)26-9-5-8-25-17/h10-11,14H,3-9,12-13H2,1-2H3. The van der Waals surface area contributed by atoms with Crippen LogP contribution in [0.4, 0.5) is 0 Å². The van der Waals surface area contributed by atoms with Crippen molar-refractivity contribution in [2.45, 2.75) is 51.6 Å². The average Bonchev–Trinajstić information content (AvgIpc) is 2.95. The predicted octanol–water partition coefficient (Wildman–Crippen LogP) is 3.53. The smallest absolute Gasteiger partial charge is 0.229 e. The molecule has 0 radical (unpaired) electrons. The van der Waals surface area contributed by atoms with Gasteiger partial charge in [0.25, 0.3) is 0 Å². The van der Waals surface area contributed by atoms with Gasteiger partial charge in [-0.25, -0.2) is 0 Å². The zero-order valence-corrected chi connectivity index (χ0v) is 16.1. The first kappa shape index (κ1) is 18.1. The van der Waals surface area contributed by atoms with Crippen molar-refractivity contribution in [3.63, 3.8) is 0 Å². The summed E-state index contributed by atoms with van der Waals surface area (Å²) in [4.78, 5) is 6.85. The van der Waals surface area contributed by atoms with Crippen molar-refractivity contribution >= 4 is 0 Å². The number of hydrogen-bond acceptors (Lipinski definition) is 7. The zero-order valence-electron chi connectivity index (χ0n) is 16.1. The van der Waals surface area contributed by atoms with E-state index in [0.29, 0.717) is 32.2 Å². The molecule has 7 heteroatoms. The number of fused-ring (bicyclic) bond motifs is 1. The van der Waals surface area contributed by atoms with E-state index < -0.39 is 0 Å². The molecule has 0 saturated heterocycles. The van der Waals surface area contributed by atoms with Crippen molar-refractivity contribution in [3.8, 4) is 17.2 Å². The highest BCUT2D eigenvalue weighted by Crippen LogP contribution is 2.37. The summed E-state index contributed by atoms with van der Waals surface area (Å²) >= 11 is 0. The third-order valence-electron chi connectivity index (χ3n) is 5.29. The minimum Gasteiger partial charge on any atom is -0.496 e. The van der Waals surface area contributed by atoms with Gasteiger partial charge in [-0.3, -0.25) is 4.90 Å². The summed E-state index contributed by atoms with van der Waals surface area (Å²) in [6, 6.07) is 3.95. The molecule has 7 nitrogen and oxygen atoms in total. The normalized spacial score (nSPS) is 16.9. The Morgan fingerprint density at radius 3 is 2.56 bits per heavy atom. The number of rotatable bonds is 7. The van der Waals surface area contributed by atoms with Gasteiger partial charge in [0.1, 0.15) is 5.75 Å².